The molecule has 1 rings (SSSR count). The van der Waals surface area contributed by atoms with Gasteiger partial charge in [0.15, 0.2) is 0 Å². The van der Waals surface area contributed by atoms with E-state index in [2.05, 4.69) is 12.5 Å². The topological polar surface area (TPSA) is 9.23 Å². The second kappa shape index (κ2) is 3.43. The highest BCUT2D eigenvalue weighted by Gasteiger charge is 2.14. The fourth-order valence-electron chi connectivity index (χ4n) is 1.12. The van der Waals surface area contributed by atoms with E-state index in [1.54, 1.807) is 0 Å². The Bertz CT molecular complexity index is 164. The van der Waals surface area contributed by atoms with Crippen molar-refractivity contribution in [3.63, 3.8) is 0 Å². The van der Waals surface area contributed by atoms with Crippen molar-refractivity contribution in [1.29, 1.82) is 0 Å². The zero-order chi connectivity index (χ0) is 7.40. The summed E-state index contributed by atoms with van der Waals surface area (Å²) in [6.07, 6.45) is 8.06. The van der Waals surface area contributed by atoms with E-state index < -0.39 is 0 Å². The standard InChI is InChI=1S/C9H12O/c1-3-4-9-7-8(2)5-6-10-9/h1,9H,2,4-7H2. The third-order valence-electron chi connectivity index (χ3n) is 1.67. The van der Waals surface area contributed by atoms with Crippen LogP contribution in [0.3, 0.4) is 0 Å². The molecule has 1 aliphatic heterocycles. The first kappa shape index (κ1) is 7.37. The van der Waals surface area contributed by atoms with Gasteiger partial charge in [-0.2, -0.15) is 0 Å². The van der Waals surface area contributed by atoms with Crippen LogP contribution in [0.15, 0.2) is 12.2 Å². The number of ether oxygens (including phenoxy) is 1. The summed E-state index contributed by atoms with van der Waals surface area (Å²) in [6, 6.07) is 0. The van der Waals surface area contributed by atoms with Crippen molar-refractivity contribution in [2.24, 2.45) is 0 Å². The number of terminal acetylenes is 1. The van der Waals surface area contributed by atoms with Gasteiger partial charge in [0, 0.05) is 6.42 Å². The largest absolute Gasteiger partial charge is 0.377 e. The molecule has 1 nitrogen and oxygen atoms in total. The molecule has 0 bridgehead atoms. The summed E-state index contributed by atoms with van der Waals surface area (Å²) in [6.45, 7) is 4.69. The molecule has 1 atom stereocenters. The summed E-state index contributed by atoms with van der Waals surface area (Å²) in [5.41, 5.74) is 1.27. The van der Waals surface area contributed by atoms with Crippen molar-refractivity contribution in [2.45, 2.75) is 25.4 Å². The zero-order valence-corrected chi connectivity index (χ0v) is 6.10. The number of hydrogen-bond donors (Lipinski definition) is 0. The van der Waals surface area contributed by atoms with Crippen LogP contribution in [-0.2, 0) is 4.74 Å². The smallest absolute Gasteiger partial charge is 0.0721 e. The molecular weight excluding hydrogens is 124 g/mol. The van der Waals surface area contributed by atoms with Crippen molar-refractivity contribution < 1.29 is 4.74 Å². The summed E-state index contributed by atoms with van der Waals surface area (Å²) in [5, 5.41) is 0. The monoisotopic (exact) mass is 136 g/mol. The average Bonchev–Trinajstić information content (AvgIpc) is 1.88. The van der Waals surface area contributed by atoms with Crippen LogP contribution in [0.5, 0.6) is 0 Å². The van der Waals surface area contributed by atoms with E-state index in [9.17, 15) is 0 Å². The minimum Gasteiger partial charge on any atom is -0.377 e. The van der Waals surface area contributed by atoms with E-state index in [0.29, 0.717) is 0 Å². The summed E-state index contributed by atoms with van der Waals surface area (Å²) >= 11 is 0. The van der Waals surface area contributed by atoms with Crippen molar-refractivity contribution in [3.05, 3.63) is 12.2 Å². The summed E-state index contributed by atoms with van der Waals surface area (Å²) < 4.78 is 5.39. The van der Waals surface area contributed by atoms with Crippen LogP contribution in [0.25, 0.3) is 0 Å². The number of rotatable bonds is 1. The Morgan fingerprint density at radius 2 is 2.60 bits per heavy atom. The lowest BCUT2D eigenvalue weighted by Crippen LogP contribution is -2.19. The predicted octanol–water partition coefficient (Wildman–Crippen LogP) is 1.74. The van der Waals surface area contributed by atoms with E-state index in [1.165, 1.54) is 5.57 Å². The molecule has 1 aliphatic rings. The fourth-order valence-corrected chi connectivity index (χ4v) is 1.12. The van der Waals surface area contributed by atoms with Gasteiger partial charge in [-0.1, -0.05) is 12.2 Å². The first-order valence-electron chi connectivity index (χ1n) is 3.54. The maximum absolute atomic E-state index is 5.39. The average molecular weight is 136 g/mol. The third-order valence-corrected chi connectivity index (χ3v) is 1.67. The van der Waals surface area contributed by atoms with Gasteiger partial charge in [-0.15, -0.1) is 12.3 Å². The first-order chi connectivity index (χ1) is 4.83. The van der Waals surface area contributed by atoms with Crippen LogP contribution in [0.1, 0.15) is 19.3 Å². The highest BCUT2D eigenvalue weighted by molar-refractivity contribution is 5.01. The van der Waals surface area contributed by atoms with E-state index >= 15 is 0 Å². The van der Waals surface area contributed by atoms with Crippen molar-refractivity contribution in [1.82, 2.24) is 0 Å². The van der Waals surface area contributed by atoms with Crippen LogP contribution in [0.4, 0.5) is 0 Å². The molecule has 0 aromatic heterocycles. The Labute approximate surface area is 62.1 Å². The molecule has 1 heteroatoms. The van der Waals surface area contributed by atoms with E-state index in [4.69, 9.17) is 11.2 Å². The molecule has 1 unspecified atom stereocenters. The first-order valence-corrected chi connectivity index (χ1v) is 3.54. The second-order valence-corrected chi connectivity index (χ2v) is 2.61. The van der Waals surface area contributed by atoms with Crippen molar-refractivity contribution in [3.8, 4) is 12.3 Å². The SMILES string of the molecule is C#CCC1CC(=C)CCO1. The van der Waals surface area contributed by atoms with Crippen LogP contribution in [-0.4, -0.2) is 12.7 Å². The van der Waals surface area contributed by atoms with Crippen LogP contribution in [0.2, 0.25) is 0 Å². The molecule has 0 spiro atoms. The molecule has 10 heavy (non-hydrogen) atoms. The lowest BCUT2D eigenvalue weighted by Gasteiger charge is -2.22. The van der Waals surface area contributed by atoms with Gasteiger partial charge in [-0.3, -0.25) is 0 Å². The Morgan fingerprint density at radius 3 is 3.20 bits per heavy atom. The van der Waals surface area contributed by atoms with Gasteiger partial charge >= 0.3 is 0 Å². The molecule has 0 saturated carbocycles. The molecular formula is C9H12O. The van der Waals surface area contributed by atoms with E-state index in [1.807, 2.05) is 0 Å². The minimum absolute atomic E-state index is 0.242. The highest BCUT2D eigenvalue weighted by atomic mass is 16.5. The van der Waals surface area contributed by atoms with Crippen LogP contribution in [0, 0.1) is 12.3 Å². The van der Waals surface area contributed by atoms with Crippen molar-refractivity contribution in [2.75, 3.05) is 6.61 Å². The fraction of sp³-hybridized carbons (Fsp3) is 0.556. The quantitative estimate of drug-likeness (QED) is 0.394. The van der Waals surface area contributed by atoms with Crippen molar-refractivity contribution >= 4 is 0 Å². The van der Waals surface area contributed by atoms with Crippen LogP contribution < -0.4 is 0 Å². The molecule has 0 radical (unpaired) electrons. The molecule has 1 fully saturated rings. The minimum atomic E-state index is 0.242. The normalized spacial score (nSPS) is 25.9. The van der Waals surface area contributed by atoms with Gasteiger partial charge in [0.05, 0.1) is 12.7 Å². The molecule has 0 aliphatic carbocycles. The Balaban J connectivity index is 2.34. The van der Waals surface area contributed by atoms with Crippen LogP contribution >= 0.6 is 0 Å². The van der Waals surface area contributed by atoms with Gasteiger partial charge in [0.1, 0.15) is 0 Å². The van der Waals surface area contributed by atoms with Gasteiger partial charge in [-0.25, -0.2) is 0 Å². The van der Waals surface area contributed by atoms with E-state index in [0.717, 1.165) is 25.9 Å². The van der Waals surface area contributed by atoms with Gasteiger partial charge in [0.2, 0.25) is 0 Å². The van der Waals surface area contributed by atoms with Gasteiger partial charge in [-0.05, 0) is 12.8 Å². The molecule has 1 heterocycles. The summed E-state index contributed by atoms with van der Waals surface area (Å²) in [4.78, 5) is 0. The maximum atomic E-state index is 5.39. The van der Waals surface area contributed by atoms with Gasteiger partial charge < -0.3 is 4.74 Å². The Hall–Kier alpha value is -0.740. The zero-order valence-electron chi connectivity index (χ0n) is 6.10. The molecule has 0 N–H and O–H groups in total. The molecule has 0 aromatic carbocycles. The lowest BCUT2D eigenvalue weighted by molar-refractivity contribution is 0.0398. The predicted molar refractivity (Wildman–Crippen MR) is 41.6 cm³/mol. The van der Waals surface area contributed by atoms with E-state index in [-0.39, 0.29) is 6.10 Å². The lowest BCUT2D eigenvalue weighted by atomic mass is 10.0. The molecule has 54 valence electrons. The summed E-state index contributed by atoms with van der Waals surface area (Å²) in [5.74, 6) is 2.59. The number of hydrogen-bond acceptors (Lipinski definition) is 1. The van der Waals surface area contributed by atoms with Gasteiger partial charge in [0.25, 0.3) is 0 Å². The Kier molecular flexibility index (Phi) is 2.53. The molecule has 0 aromatic rings. The highest BCUT2D eigenvalue weighted by Crippen LogP contribution is 2.18. The maximum Gasteiger partial charge on any atom is 0.0721 e. The molecule has 0 amide bonds. The third kappa shape index (κ3) is 1.89. The molecule has 1 saturated heterocycles. The summed E-state index contributed by atoms with van der Waals surface area (Å²) in [7, 11) is 0. The Morgan fingerprint density at radius 1 is 1.80 bits per heavy atom. The second-order valence-electron chi connectivity index (χ2n) is 2.61.